The van der Waals surface area contributed by atoms with Crippen LogP contribution in [-0.2, 0) is 4.79 Å². The number of carbonyl (C=O) groups is 2. The molecular weight excluding hydrogens is 307 g/mol. The van der Waals surface area contributed by atoms with E-state index in [-0.39, 0.29) is 35.3 Å². The van der Waals surface area contributed by atoms with Crippen molar-refractivity contribution in [1.29, 1.82) is 0 Å². The topological polar surface area (TPSA) is 79.2 Å². The molecule has 1 amide bonds. The van der Waals surface area contributed by atoms with Gasteiger partial charge in [-0.1, -0.05) is 48.5 Å². The van der Waals surface area contributed by atoms with Gasteiger partial charge in [-0.2, -0.15) is 5.10 Å². The van der Waals surface area contributed by atoms with E-state index in [2.05, 4.69) is 5.10 Å². The van der Waals surface area contributed by atoms with Crippen molar-refractivity contribution < 1.29 is 19.4 Å². The molecule has 0 unspecified atom stereocenters. The zero-order chi connectivity index (χ0) is 15.9. The summed E-state index contributed by atoms with van der Waals surface area (Å²) >= 11 is 0. The van der Waals surface area contributed by atoms with E-state index in [9.17, 15) is 14.7 Å². The molecule has 114 valence electrons. The van der Waals surface area contributed by atoms with Crippen LogP contribution in [0.25, 0.3) is 0 Å². The summed E-state index contributed by atoms with van der Waals surface area (Å²) in [7, 11) is 1.33. The number of benzene rings is 2. The minimum atomic E-state index is -1.23. The molecule has 6 nitrogen and oxygen atoms in total. The van der Waals surface area contributed by atoms with Crippen LogP contribution in [0.5, 0.6) is 5.75 Å². The zero-order valence-corrected chi connectivity index (χ0v) is 11.8. The van der Waals surface area contributed by atoms with E-state index < -0.39 is 12.1 Å². The van der Waals surface area contributed by atoms with Crippen LogP contribution in [-0.4, -0.2) is 64.5 Å². The molecule has 0 aromatic heterocycles. The van der Waals surface area contributed by atoms with Crippen molar-refractivity contribution in [3.8, 4) is 5.75 Å². The quantitative estimate of drug-likeness (QED) is 0.530. The molecule has 2 aromatic rings. The Balaban J connectivity index is 0.00000264. The average Bonchev–Trinajstić information content (AvgIpc) is 2.53. The second kappa shape index (κ2) is 9.09. The summed E-state index contributed by atoms with van der Waals surface area (Å²) < 4.78 is 5.08. The van der Waals surface area contributed by atoms with Crippen LogP contribution in [0, 0.1) is 0 Å². The van der Waals surface area contributed by atoms with Crippen LogP contribution in [0.1, 0.15) is 5.56 Å². The first-order chi connectivity index (χ1) is 10.6. The second-order valence-electron chi connectivity index (χ2n) is 4.32. The fraction of sp³-hybridized carbons (Fsp3) is 0.0625. The first-order valence-corrected chi connectivity index (χ1v) is 6.46. The number of aliphatic carboxylic acids is 1. The predicted molar refractivity (Wildman–Crippen MR) is 88.0 cm³/mol. The van der Waals surface area contributed by atoms with Gasteiger partial charge in [-0.15, -0.1) is 0 Å². The maximum atomic E-state index is 11.9. The van der Waals surface area contributed by atoms with Gasteiger partial charge in [0.1, 0.15) is 5.75 Å². The van der Waals surface area contributed by atoms with E-state index >= 15 is 0 Å². The molecule has 0 aliphatic rings. The number of para-hydroxylation sites is 1. The van der Waals surface area contributed by atoms with E-state index in [1.165, 1.54) is 7.05 Å². The van der Waals surface area contributed by atoms with Gasteiger partial charge in [-0.05, 0) is 12.1 Å². The molecule has 2 rings (SSSR count). The number of ether oxygens (including phenoxy) is 1. The first-order valence-electron chi connectivity index (χ1n) is 6.46. The number of carbonyl (C=O) groups excluding carboxylic acids is 1. The number of carboxylic acids is 1. The standard InChI is InChI=1S/C16H14N2O4.Na.H/c1-18(16(21)22-13-10-6-3-7-11-13)17-14(15(19)20)12-8-4-2-5-9-12;;/h2-11H,1H3,(H,19,20);;. The van der Waals surface area contributed by atoms with E-state index in [1.807, 2.05) is 0 Å². The zero-order valence-electron chi connectivity index (χ0n) is 11.8. The second-order valence-corrected chi connectivity index (χ2v) is 4.32. The van der Waals surface area contributed by atoms with Crippen molar-refractivity contribution in [2.24, 2.45) is 5.10 Å². The molecule has 2 aromatic carbocycles. The van der Waals surface area contributed by atoms with Gasteiger partial charge in [0.25, 0.3) is 0 Å². The fourth-order valence-electron chi connectivity index (χ4n) is 1.67. The van der Waals surface area contributed by atoms with Gasteiger partial charge >= 0.3 is 41.6 Å². The number of nitrogens with zero attached hydrogens (tertiary/aromatic N) is 2. The summed E-state index contributed by atoms with van der Waals surface area (Å²) in [5, 5.41) is 13.9. The Morgan fingerprint density at radius 2 is 1.52 bits per heavy atom. The van der Waals surface area contributed by atoms with E-state index in [0.717, 1.165) is 5.01 Å². The molecule has 0 bridgehead atoms. The van der Waals surface area contributed by atoms with Crippen LogP contribution >= 0.6 is 0 Å². The molecule has 0 aliphatic heterocycles. The van der Waals surface area contributed by atoms with Gasteiger partial charge in [0.05, 0.1) is 0 Å². The van der Waals surface area contributed by atoms with Crippen LogP contribution in [0.2, 0.25) is 0 Å². The van der Waals surface area contributed by atoms with Gasteiger partial charge in [0.2, 0.25) is 0 Å². The molecule has 0 spiro atoms. The number of amides is 1. The third-order valence-corrected chi connectivity index (χ3v) is 2.71. The Morgan fingerprint density at radius 1 is 1.00 bits per heavy atom. The molecule has 7 heteroatoms. The Hall–Kier alpha value is -2.15. The van der Waals surface area contributed by atoms with Crippen molar-refractivity contribution in [3.63, 3.8) is 0 Å². The first kappa shape index (κ1) is 18.9. The van der Waals surface area contributed by atoms with Gasteiger partial charge in [-0.25, -0.2) is 14.6 Å². The third kappa shape index (κ3) is 5.52. The molecule has 0 saturated heterocycles. The van der Waals surface area contributed by atoms with Gasteiger partial charge in [-0.3, -0.25) is 0 Å². The Kier molecular flexibility index (Phi) is 7.47. The monoisotopic (exact) mass is 322 g/mol. The van der Waals surface area contributed by atoms with E-state index in [0.29, 0.717) is 11.3 Å². The number of hydrogen-bond donors (Lipinski definition) is 1. The third-order valence-electron chi connectivity index (χ3n) is 2.71. The normalized spacial score (nSPS) is 10.4. The number of rotatable bonds is 4. The van der Waals surface area contributed by atoms with E-state index in [1.54, 1.807) is 60.7 Å². The Bertz CT molecular complexity index is 690. The van der Waals surface area contributed by atoms with Crippen LogP contribution in [0.15, 0.2) is 65.8 Å². The van der Waals surface area contributed by atoms with E-state index in [4.69, 9.17) is 4.74 Å². The van der Waals surface area contributed by atoms with Gasteiger partial charge in [0.15, 0.2) is 5.71 Å². The molecule has 23 heavy (non-hydrogen) atoms. The number of hydrazone groups is 1. The average molecular weight is 322 g/mol. The molecule has 0 radical (unpaired) electrons. The van der Waals surface area contributed by atoms with Gasteiger partial charge in [0, 0.05) is 12.6 Å². The minimum absolute atomic E-state index is 0. The predicted octanol–water partition coefficient (Wildman–Crippen LogP) is 1.96. The molecule has 0 saturated carbocycles. The molecule has 1 N–H and O–H groups in total. The molecular formula is C16H15N2NaO4. The summed E-state index contributed by atoms with van der Waals surface area (Å²) in [6.45, 7) is 0. The summed E-state index contributed by atoms with van der Waals surface area (Å²) in [5.74, 6) is -0.878. The van der Waals surface area contributed by atoms with Gasteiger partial charge < -0.3 is 9.84 Å². The molecule has 0 atom stereocenters. The molecule has 0 heterocycles. The van der Waals surface area contributed by atoms with Crippen molar-refractivity contribution in [2.75, 3.05) is 7.05 Å². The summed E-state index contributed by atoms with van der Waals surface area (Å²) in [4.78, 5) is 23.2. The number of hydrogen-bond acceptors (Lipinski definition) is 4. The van der Waals surface area contributed by atoms with Crippen molar-refractivity contribution in [3.05, 3.63) is 66.2 Å². The Morgan fingerprint density at radius 3 is 2.04 bits per heavy atom. The summed E-state index contributed by atoms with van der Waals surface area (Å²) in [6.07, 6.45) is -0.777. The van der Waals surface area contributed by atoms with Crippen LogP contribution in [0.4, 0.5) is 4.79 Å². The molecule has 0 fully saturated rings. The van der Waals surface area contributed by atoms with Crippen molar-refractivity contribution in [2.45, 2.75) is 0 Å². The summed E-state index contributed by atoms with van der Waals surface area (Å²) in [6, 6.07) is 16.8. The SMILES string of the molecule is CN(N=C(C(=O)O)c1ccccc1)C(=O)Oc1ccccc1.[NaH]. The summed E-state index contributed by atoms with van der Waals surface area (Å²) in [5.41, 5.74) is 0.155. The Labute approximate surface area is 155 Å². The van der Waals surface area contributed by atoms with Crippen LogP contribution in [0.3, 0.4) is 0 Å². The van der Waals surface area contributed by atoms with Crippen LogP contribution < -0.4 is 4.74 Å². The van der Waals surface area contributed by atoms with Crippen molar-refractivity contribution >= 4 is 47.3 Å². The molecule has 0 aliphatic carbocycles. The number of carboxylic acid groups (broad SMARTS) is 1. The maximum absolute atomic E-state index is 11.9. The fourth-order valence-corrected chi connectivity index (χ4v) is 1.67. The van der Waals surface area contributed by atoms with Crippen molar-refractivity contribution in [1.82, 2.24) is 5.01 Å².